The molecule has 1 aromatic heterocycles. The minimum Gasteiger partial charge on any atom is -0.382 e. The molecule has 3 N–H and O–H groups in total. The van der Waals surface area contributed by atoms with Crippen LogP contribution in [0.1, 0.15) is 20.8 Å². The fourth-order valence-corrected chi connectivity index (χ4v) is 3.17. The molecule has 1 heterocycles. The number of anilines is 3. The zero-order chi connectivity index (χ0) is 18.9. The SMILES string of the molecule is Nc1nc(Nc2ccc(Cl)cc2)sc1C(=O)c1cccc(C(F)(F)F)c1. The minimum absolute atomic E-state index is 0.0473. The van der Waals surface area contributed by atoms with Crippen LogP contribution in [-0.4, -0.2) is 10.8 Å². The Hall–Kier alpha value is -2.58. The van der Waals surface area contributed by atoms with Gasteiger partial charge in [-0.1, -0.05) is 35.1 Å². The summed E-state index contributed by atoms with van der Waals surface area (Å²) in [5.74, 6) is -0.663. The van der Waals surface area contributed by atoms with Crippen molar-refractivity contribution in [3.05, 3.63) is 69.6 Å². The van der Waals surface area contributed by atoms with Crippen molar-refractivity contribution in [2.24, 2.45) is 0 Å². The van der Waals surface area contributed by atoms with Crippen LogP contribution in [0, 0.1) is 0 Å². The third-order valence-corrected chi connectivity index (χ3v) is 4.64. The summed E-state index contributed by atoms with van der Waals surface area (Å²) in [4.78, 5) is 16.7. The van der Waals surface area contributed by atoms with Gasteiger partial charge in [-0.25, -0.2) is 4.98 Å². The molecular weight excluding hydrogens is 387 g/mol. The fourth-order valence-electron chi connectivity index (χ4n) is 2.17. The van der Waals surface area contributed by atoms with Crippen molar-refractivity contribution in [1.82, 2.24) is 4.98 Å². The Balaban J connectivity index is 1.87. The van der Waals surface area contributed by atoms with Crippen molar-refractivity contribution < 1.29 is 18.0 Å². The number of halogens is 4. The Bertz CT molecular complexity index is 955. The second-order valence-corrected chi connectivity index (χ2v) is 6.71. The molecule has 0 saturated carbocycles. The van der Waals surface area contributed by atoms with E-state index in [1.165, 1.54) is 12.1 Å². The highest BCUT2D eigenvalue weighted by Gasteiger charge is 2.31. The highest BCUT2D eigenvalue weighted by atomic mass is 35.5. The van der Waals surface area contributed by atoms with Gasteiger partial charge in [-0.15, -0.1) is 0 Å². The molecule has 0 unspecified atom stereocenters. The van der Waals surface area contributed by atoms with E-state index in [0.29, 0.717) is 15.8 Å². The van der Waals surface area contributed by atoms with Crippen LogP contribution in [-0.2, 0) is 6.18 Å². The number of aromatic nitrogens is 1. The summed E-state index contributed by atoms with van der Waals surface area (Å²) in [6.45, 7) is 0. The average molecular weight is 398 g/mol. The Morgan fingerprint density at radius 3 is 2.50 bits per heavy atom. The van der Waals surface area contributed by atoms with E-state index in [1.54, 1.807) is 24.3 Å². The lowest BCUT2D eigenvalue weighted by molar-refractivity contribution is -0.137. The van der Waals surface area contributed by atoms with Gasteiger partial charge in [0.05, 0.1) is 5.56 Å². The van der Waals surface area contributed by atoms with Crippen LogP contribution < -0.4 is 11.1 Å². The zero-order valence-electron chi connectivity index (χ0n) is 13.0. The maximum atomic E-state index is 12.8. The lowest BCUT2D eigenvalue weighted by Crippen LogP contribution is -2.08. The second-order valence-electron chi connectivity index (χ2n) is 5.27. The van der Waals surface area contributed by atoms with Gasteiger partial charge in [0.15, 0.2) is 5.13 Å². The number of ketones is 1. The predicted octanol–water partition coefficient (Wildman–Crippen LogP) is 5.37. The molecule has 3 aromatic rings. The number of thiazole rings is 1. The first-order valence-corrected chi connectivity index (χ1v) is 8.44. The predicted molar refractivity (Wildman–Crippen MR) is 96.1 cm³/mol. The normalized spacial score (nSPS) is 11.4. The molecule has 26 heavy (non-hydrogen) atoms. The van der Waals surface area contributed by atoms with Gasteiger partial charge in [0.1, 0.15) is 10.7 Å². The first-order valence-electron chi connectivity index (χ1n) is 7.25. The zero-order valence-corrected chi connectivity index (χ0v) is 14.5. The van der Waals surface area contributed by atoms with Crippen molar-refractivity contribution in [2.45, 2.75) is 6.18 Å². The molecular formula is C17H11ClF3N3OS. The lowest BCUT2D eigenvalue weighted by Gasteiger charge is -2.07. The number of hydrogen-bond donors (Lipinski definition) is 2. The summed E-state index contributed by atoms with van der Waals surface area (Å²) < 4.78 is 38.5. The molecule has 0 amide bonds. The van der Waals surface area contributed by atoms with Crippen molar-refractivity contribution >= 4 is 45.4 Å². The van der Waals surface area contributed by atoms with Crippen molar-refractivity contribution in [2.75, 3.05) is 11.1 Å². The number of nitrogen functional groups attached to an aromatic ring is 1. The highest BCUT2D eigenvalue weighted by molar-refractivity contribution is 7.18. The number of hydrogen-bond acceptors (Lipinski definition) is 5. The maximum Gasteiger partial charge on any atom is 0.416 e. The van der Waals surface area contributed by atoms with Gasteiger partial charge < -0.3 is 11.1 Å². The van der Waals surface area contributed by atoms with Gasteiger partial charge in [-0.3, -0.25) is 4.79 Å². The van der Waals surface area contributed by atoms with Crippen LogP contribution in [0.15, 0.2) is 48.5 Å². The van der Waals surface area contributed by atoms with E-state index in [1.807, 2.05) is 0 Å². The molecule has 9 heteroatoms. The third-order valence-electron chi connectivity index (χ3n) is 3.41. The summed E-state index contributed by atoms with van der Waals surface area (Å²) in [6.07, 6.45) is -4.53. The first-order chi connectivity index (χ1) is 12.2. The third kappa shape index (κ3) is 3.97. The average Bonchev–Trinajstić information content (AvgIpc) is 2.96. The van der Waals surface area contributed by atoms with Gasteiger partial charge in [0, 0.05) is 16.3 Å². The van der Waals surface area contributed by atoms with Gasteiger partial charge in [0.25, 0.3) is 0 Å². The van der Waals surface area contributed by atoms with Crippen LogP contribution >= 0.6 is 22.9 Å². The van der Waals surface area contributed by atoms with E-state index in [4.69, 9.17) is 17.3 Å². The summed E-state index contributed by atoms with van der Waals surface area (Å²) in [5, 5.41) is 3.88. The summed E-state index contributed by atoms with van der Waals surface area (Å²) >= 11 is 6.78. The summed E-state index contributed by atoms with van der Waals surface area (Å²) in [7, 11) is 0. The minimum atomic E-state index is -4.53. The maximum absolute atomic E-state index is 12.8. The number of benzene rings is 2. The number of alkyl halides is 3. The molecule has 0 saturated heterocycles. The molecule has 0 aliphatic carbocycles. The molecule has 2 aromatic carbocycles. The lowest BCUT2D eigenvalue weighted by atomic mass is 10.1. The van der Waals surface area contributed by atoms with Crippen LogP contribution in [0.5, 0.6) is 0 Å². The van der Waals surface area contributed by atoms with Gasteiger partial charge >= 0.3 is 6.18 Å². The fraction of sp³-hybridized carbons (Fsp3) is 0.0588. The smallest absolute Gasteiger partial charge is 0.382 e. The topological polar surface area (TPSA) is 68.0 Å². The molecule has 0 fully saturated rings. The number of rotatable bonds is 4. The van der Waals surface area contributed by atoms with Crippen LogP contribution in [0.4, 0.5) is 29.8 Å². The molecule has 3 rings (SSSR count). The number of nitrogens with one attached hydrogen (secondary N) is 1. The number of nitrogens with two attached hydrogens (primary N) is 1. The van der Waals surface area contributed by atoms with Crippen molar-refractivity contribution in [3.8, 4) is 0 Å². The standard InChI is InChI=1S/C17H11ClF3N3OS/c18-11-4-6-12(7-5-11)23-16-24-15(22)14(26-16)13(25)9-2-1-3-10(8-9)17(19,20)21/h1-8H,22H2,(H,23,24). The number of nitrogens with zero attached hydrogens (tertiary/aromatic N) is 1. The first kappa shape index (κ1) is 18.2. The number of carbonyl (C=O) groups excluding carboxylic acids is 1. The largest absolute Gasteiger partial charge is 0.416 e. The Morgan fingerprint density at radius 1 is 1.15 bits per heavy atom. The summed E-state index contributed by atoms with van der Waals surface area (Å²) in [5.41, 5.74) is 5.46. The van der Waals surface area contributed by atoms with Crippen LogP contribution in [0.2, 0.25) is 5.02 Å². The van der Waals surface area contributed by atoms with Gasteiger partial charge in [0.2, 0.25) is 5.78 Å². The van der Waals surface area contributed by atoms with Gasteiger partial charge in [-0.2, -0.15) is 13.2 Å². The molecule has 0 radical (unpaired) electrons. The van der Waals surface area contributed by atoms with E-state index >= 15 is 0 Å². The highest BCUT2D eigenvalue weighted by Crippen LogP contribution is 2.33. The molecule has 4 nitrogen and oxygen atoms in total. The Labute approximate surface area is 155 Å². The number of carbonyl (C=O) groups is 1. The molecule has 0 atom stereocenters. The van der Waals surface area contributed by atoms with Crippen LogP contribution in [0.25, 0.3) is 0 Å². The van der Waals surface area contributed by atoms with E-state index in [-0.39, 0.29) is 16.3 Å². The van der Waals surface area contributed by atoms with Crippen molar-refractivity contribution in [3.63, 3.8) is 0 Å². The van der Waals surface area contributed by atoms with Crippen LogP contribution in [0.3, 0.4) is 0 Å². The van der Waals surface area contributed by atoms with E-state index in [2.05, 4.69) is 10.3 Å². The molecule has 0 spiro atoms. The van der Waals surface area contributed by atoms with Crippen molar-refractivity contribution in [1.29, 1.82) is 0 Å². The molecule has 0 aliphatic heterocycles. The van der Waals surface area contributed by atoms with E-state index in [0.717, 1.165) is 23.5 Å². The van der Waals surface area contributed by atoms with Gasteiger partial charge in [-0.05, 0) is 36.4 Å². The van der Waals surface area contributed by atoms with E-state index < -0.39 is 17.5 Å². The Morgan fingerprint density at radius 2 is 1.85 bits per heavy atom. The van der Waals surface area contributed by atoms with E-state index in [9.17, 15) is 18.0 Å². The Kier molecular flexibility index (Phi) is 4.88. The summed E-state index contributed by atoms with van der Waals surface area (Å²) in [6, 6.07) is 11.0. The molecule has 0 aliphatic rings. The molecule has 134 valence electrons. The second kappa shape index (κ2) is 6.97. The quantitative estimate of drug-likeness (QED) is 0.580. The molecule has 0 bridgehead atoms. The monoisotopic (exact) mass is 397 g/mol.